The Morgan fingerprint density at radius 2 is 1.89 bits per heavy atom. The third-order valence-corrected chi connectivity index (χ3v) is 3.40. The van der Waals surface area contributed by atoms with E-state index in [0.29, 0.717) is 11.3 Å². The third kappa shape index (κ3) is 2.27. The number of rotatable bonds is 3. The van der Waals surface area contributed by atoms with Crippen molar-refractivity contribution in [2.45, 2.75) is 20.0 Å². The van der Waals surface area contributed by atoms with Crippen LogP contribution in [0.15, 0.2) is 36.4 Å². The number of nitrogens with zero attached hydrogens (tertiary/aromatic N) is 1. The van der Waals surface area contributed by atoms with Crippen LogP contribution in [-0.2, 0) is 0 Å². The Bertz CT molecular complexity index is 641. The van der Waals surface area contributed by atoms with Crippen LogP contribution in [0, 0.1) is 16.7 Å². The Hall–Kier alpha value is -2.05. The van der Waals surface area contributed by atoms with Crippen LogP contribution >= 0.6 is 0 Å². The number of benzene rings is 2. The van der Waals surface area contributed by atoms with Crippen LogP contribution in [0.3, 0.4) is 0 Å². The molecule has 0 aromatic heterocycles. The Morgan fingerprint density at radius 3 is 2.53 bits per heavy atom. The average molecular weight is 255 g/mol. The van der Waals surface area contributed by atoms with Gasteiger partial charge in [-0.05, 0) is 30.7 Å². The predicted octanol–water partition coefficient (Wildman–Crippen LogP) is 3.43. The van der Waals surface area contributed by atoms with E-state index in [-0.39, 0.29) is 0 Å². The average Bonchev–Trinajstić information content (AvgIpc) is 2.45. The van der Waals surface area contributed by atoms with Crippen LogP contribution in [-0.4, -0.2) is 12.2 Å². The number of ether oxygens (including phenoxy) is 1. The van der Waals surface area contributed by atoms with E-state index in [1.165, 1.54) is 0 Å². The van der Waals surface area contributed by atoms with E-state index >= 15 is 0 Å². The molecule has 0 aliphatic rings. The summed E-state index contributed by atoms with van der Waals surface area (Å²) in [5.74, 6) is 0.606. The smallest absolute Gasteiger partial charge is 0.125 e. The van der Waals surface area contributed by atoms with Gasteiger partial charge in [0.25, 0.3) is 0 Å². The maximum Gasteiger partial charge on any atom is 0.125 e. The maximum absolute atomic E-state index is 10.6. The molecule has 19 heavy (non-hydrogen) atoms. The third-order valence-electron chi connectivity index (χ3n) is 3.40. The molecule has 0 fully saturated rings. The summed E-state index contributed by atoms with van der Waals surface area (Å²) in [6, 6.07) is 13.7. The summed E-state index contributed by atoms with van der Waals surface area (Å²) >= 11 is 0. The first-order valence-electron chi connectivity index (χ1n) is 6.16. The molecular weight excluding hydrogens is 238 g/mol. The highest BCUT2D eigenvalue weighted by Crippen LogP contribution is 2.41. The van der Waals surface area contributed by atoms with Crippen molar-refractivity contribution in [3.05, 3.63) is 42.0 Å². The van der Waals surface area contributed by atoms with Crippen LogP contribution in [0.5, 0.6) is 5.75 Å². The van der Waals surface area contributed by atoms with Crippen molar-refractivity contribution in [2.75, 3.05) is 7.11 Å². The largest absolute Gasteiger partial charge is 0.496 e. The highest BCUT2D eigenvalue weighted by atomic mass is 16.5. The second-order valence-electron chi connectivity index (χ2n) is 5.14. The van der Waals surface area contributed by atoms with Crippen molar-refractivity contribution < 1.29 is 9.84 Å². The van der Waals surface area contributed by atoms with Crippen molar-refractivity contribution >= 4 is 10.8 Å². The van der Waals surface area contributed by atoms with Crippen molar-refractivity contribution in [1.29, 1.82) is 5.26 Å². The van der Waals surface area contributed by atoms with Crippen LogP contribution in [0.25, 0.3) is 10.8 Å². The molecule has 98 valence electrons. The van der Waals surface area contributed by atoms with Gasteiger partial charge in [0.1, 0.15) is 11.9 Å². The monoisotopic (exact) mass is 255 g/mol. The number of aliphatic hydroxyl groups is 1. The molecule has 0 aliphatic heterocycles. The topological polar surface area (TPSA) is 53.2 Å². The highest BCUT2D eigenvalue weighted by molar-refractivity contribution is 5.88. The van der Waals surface area contributed by atoms with Crippen molar-refractivity contribution in [2.24, 2.45) is 5.41 Å². The number of fused-ring (bicyclic) bond motifs is 1. The fraction of sp³-hybridized carbons (Fsp3) is 0.312. The number of hydrogen-bond acceptors (Lipinski definition) is 3. The second kappa shape index (κ2) is 4.91. The van der Waals surface area contributed by atoms with Gasteiger partial charge in [0, 0.05) is 5.56 Å². The lowest BCUT2D eigenvalue weighted by Crippen LogP contribution is -2.20. The van der Waals surface area contributed by atoms with E-state index in [9.17, 15) is 10.4 Å². The molecule has 1 unspecified atom stereocenters. The quantitative estimate of drug-likeness (QED) is 0.914. The zero-order chi connectivity index (χ0) is 14.0. The molecular formula is C16H17NO2. The van der Waals surface area contributed by atoms with Gasteiger partial charge in [-0.15, -0.1) is 0 Å². The molecule has 0 amide bonds. The summed E-state index contributed by atoms with van der Waals surface area (Å²) < 4.78 is 5.34. The van der Waals surface area contributed by atoms with E-state index < -0.39 is 11.5 Å². The summed E-state index contributed by atoms with van der Waals surface area (Å²) in [5.41, 5.74) is -0.204. The Balaban J connectivity index is 2.73. The minimum atomic E-state index is -0.904. The Morgan fingerprint density at radius 1 is 1.21 bits per heavy atom. The van der Waals surface area contributed by atoms with Gasteiger partial charge >= 0.3 is 0 Å². The molecule has 2 rings (SSSR count). The molecule has 0 aliphatic carbocycles. The van der Waals surface area contributed by atoms with Gasteiger partial charge in [0.15, 0.2) is 0 Å². The van der Waals surface area contributed by atoms with Crippen molar-refractivity contribution in [1.82, 2.24) is 0 Å². The highest BCUT2D eigenvalue weighted by Gasteiger charge is 2.32. The molecule has 0 heterocycles. The first kappa shape index (κ1) is 13.4. The van der Waals surface area contributed by atoms with Gasteiger partial charge in [-0.1, -0.05) is 30.3 Å². The number of aliphatic hydroxyl groups excluding tert-OH is 1. The molecule has 3 heteroatoms. The Kier molecular flexibility index (Phi) is 3.46. The summed E-state index contributed by atoms with van der Waals surface area (Å²) in [5, 5.41) is 21.7. The van der Waals surface area contributed by atoms with Crippen molar-refractivity contribution in [3.63, 3.8) is 0 Å². The zero-order valence-corrected chi connectivity index (χ0v) is 11.3. The lowest BCUT2D eigenvalue weighted by atomic mass is 9.82. The molecule has 0 saturated carbocycles. The standard InChI is InChI=1S/C16H17NO2/c1-16(2,10-17)15(18)14-12-7-5-4-6-11(12)8-9-13(14)19-3/h4-9,15,18H,1-3H3. The van der Waals surface area contributed by atoms with Crippen LogP contribution in [0.4, 0.5) is 0 Å². The summed E-state index contributed by atoms with van der Waals surface area (Å²) in [4.78, 5) is 0. The number of methoxy groups -OCH3 is 1. The van der Waals surface area contributed by atoms with E-state index in [4.69, 9.17) is 4.74 Å². The van der Waals surface area contributed by atoms with Crippen LogP contribution < -0.4 is 4.74 Å². The summed E-state index contributed by atoms with van der Waals surface area (Å²) in [6.45, 7) is 3.44. The predicted molar refractivity (Wildman–Crippen MR) is 74.9 cm³/mol. The van der Waals surface area contributed by atoms with Gasteiger partial charge in [0.2, 0.25) is 0 Å². The van der Waals surface area contributed by atoms with Crippen LogP contribution in [0.2, 0.25) is 0 Å². The van der Waals surface area contributed by atoms with Gasteiger partial charge in [0.05, 0.1) is 18.6 Å². The SMILES string of the molecule is COc1ccc2ccccc2c1C(O)C(C)(C)C#N. The van der Waals surface area contributed by atoms with Gasteiger partial charge in [-0.2, -0.15) is 5.26 Å². The van der Waals surface area contributed by atoms with Gasteiger partial charge in [-0.3, -0.25) is 0 Å². The molecule has 1 N–H and O–H groups in total. The fourth-order valence-corrected chi connectivity index (χ4v) is 2.16. The lowest BCUT2D eigenvalue weighted by Gasteiger charge is -2.26. The van der Waals surface area contributed by atoms with E-state index in [1.807, 2.05) is 36.4 Å². The summed E-state index contributed by atoms with van der Waals surface area (Å²) in [7, 11) is 1.57. The van der Waals surface area contributed by atoms with E-state index in [1.54, 1.807) is 21.0 Å². The fourth-order valence-electron chi connectivity index (χ4n) is 2.16. The Labute approximate surface area is 113 Å². The molecule has 1 atom stereocenters. The number of hydrogen-bond donors (Lipinski definition) is 1. The number of nitriles is 1. The first-order chi connectivity index (χ1) is 9.01. The first-order valence-corrected chi connectivity index (χ1v) is 6.16. The van der Waals surface area contributed by atoms with Crippen LogP contribution in [0.1, 0.15) is 25.5 Å². The zero-order valence-electron chi connectivity index (χ0n) is 11.3. The van der Waals surface area contributed by atoms with E-state index in [0.717, 1.165) is 10.8 Å². The second-order valence-corrected chi connectivity index (χ2v) is 5.14. The lowest BCUT2D eigenvalue weighted by molar-refractivity contribution is 0.0856. The van der Waals surface area contributed by atoms with Crippen molar-refractivity contribution in [3.8, 4) is 11.8 Å². The molecule has 0 bridgehead atoms. The molecule has 3 nitrogen and oxygen atoms in total. The molecule has 2 aromatic carbocycles. The molecule has 2 aromatic rings. The van der Waals surface area contributed by atoms with Gasteiger partial charge < -0.3 is 9.84 Å². The molecule has 0 saturated heterocycles. The maximum atomic E-state index is 10.6. The normalized spacial score (nSPS) is 13.0. The van der Waals surface area contributed by atoms with E-state index in [2.05, 4.69) is 6.07 Å². The summed E-state index contributed by atoms with van der Waals surface area (Å²) in [6.07, 6.45) is -0.904. The minimum Gasteiger partial charge on any atom is -0.496 e. The minimum absolute atomic E-state index is 0.606. The molecule has 0 spiro atoms. The molecule has 0 radical (unpaired) electrons. The van der Waals surface area contributed by atoms with Gasteiger partial charge in [-0.25, -0.2) is 0 Å².